The third-order valence-corrected chi connectivity index (χ3v) is 4.21. The molecule has 1 heterocycles. The molecule has 0 aliphatic heterocycles. The Morgan fingerprint density at radius 2 is 2.19 bits per heavy atom. The average molecular weight is 254 g/mol. The molecule has 0 spiro atoms. The minimum absolute atomic E-state index is 0.417. The molecule has 86 valence electrons. The van der Waals surface area contributed by atoms with Gasteiger partial charge in [-0.1, -0.05) is 25.1 Å². The van der Waals surface area contributed by atoms with Gasteiger partial charge < -0.3 is 5.32 Å². The third kappa shape index (κ3) is 2.57. The van der Waals surface area contributed by atoms with Crippen LogP contribution in [0.2, 0.25) is 0 Å². The SMILES string of the molecule is CCC(CCl)NCc1csc2ccccc12. The van der Waals surface area contributed by atoms with E-state index in [-0.39, 0.29) is 0 Å². The van der Waals surface area contributed by atoms with Crippen LogP contribution in [-0.4, -0.2) is 11.9 Å². The standard InChI is InChI=1S/C13H16ClNS/c1-2-11(7-14)15-8-10-9-16-13-6-4-3-5-12(10)13/h3-6,9,11,15H,2,7-8H2,1H3. The summed E-state index contributed by atoms with van der Waals surface area (Å²) in [4.78, 5) is 0. The zero-order chi connectivity index (χ0) is 11.4. The maximum Gasteiger partial charge on any atom is 0.0377 e. The van der Waals surface area contributed by atoms with Crippen molar-refractivity contribution in [3.05, 3.63) is 35.2 Å². The van der Waals surface area contributed by atoms with E-state index in [2.05, 4.69) is 41.9 Å². The lowest BCUT2D eigenvalue weighted by atomic mass is 10.1. The summed E-state index contributed by atoms with van der Waals surface area (Å²) in [5, 5.41) is 7.09. The number of benzene rings is 1. The van der Waals surface area contributed by atoms with Gasteiger partial charge in [0.2, 0.25) is 0 Å². The largest absolute Gasteiger partial charge is 0.309 e. The van der Waals surface area contributed by atoms with Crippen LogP contribution in [0.1, 0.15) is 18.9 Å². The van der Waals surface area contributed by atoms with Gasteiger partial charge in [-0.15, -0.1) is 22.9 Å². The lowest BCUT2D eigenvalue weighted by Crippen LogP contribution is -2.29. The van der Waals surface area contributed by atoms with Gasteiger partial charge in [0.1, 0.15) is 0 Å². The Bertz CT molecular complexity index is 448. The first-order valence-electron chi connectivity index (χ1n) is 5.59. The monoisotopic (exact) mass is 253 g/mol. The van der Waals surface area contributed by atoms with Crippen molar-refractivity contribution >= 4 is 33.0 Å². The Hall–Kier alpha value is -0.570. The van der Waals surface area contributed by atoms with Crippen LogP contribution >= 0.6 is 22.9 Å². The Kier molecular flexibility index (Phi) is 4.22. The fraction of sp³-hybridized carbons (Fsp3) is 0.385. The molecule has 1 atom stereocenters. The number of hydrogen-bond donors (Lipinski definition) is 1. The molecule has 3 heteroatoms. The van der Waals surface area contributed by atoms with E-state index >= 15 is 0 Å². The van der Waals surface area contributed by atoms with Gasteiger partial charge in [0.15, 0.2) is 0 Å². The molecule has 0 saturated carbocycles. The molecule has 1 nitrogen and oxygen atoms in total. The van der Waals surface area contributed by atoms with Gasteiger partial charge in [0, 0.05) is 23.2 Å². The molecule has 2 aromatic rings. The van der Waals surface area contributed by atoms with Crippen LogP contribution in [-0.2, 0) is 6.54 Å². The van der Waals surface area contributed by atoms with Crippen molar-refractivity contribution in [1.29, 1.82) is 0 Å². The van der Waals surface area contributed by atoms with Crippen LogP contribution in [0, 0.1) is 0 Å². The van der Waals surface area contributed by atoms with E-state index in [1.807, 2.05) is 11.3 Å². The van der Waals surface area contributed by atoms with Crippen molar-refractivity contribution in [2.45, 2.75) is 25.9 Å². The number of hydrogen-bond acceptors (Lipinski definition) is 2. The van der Waals surface area contributed by atoms with E-state index < -0.39 is 0 Å². The summed E-state index contributed by atoms with van der Waals surface area (Å²) in [6.45, 7) is 3.07. The van der Waals surface area contributed by atoms with E-state index in [0.29, 0.717) is 11.9 Å². The predicted molar refractivity (Wildman–Crippen MR) is 73.5 cm³/mol. The molecule has 0 radical (unpaired) electrons. The molecular formula is C13H16ClNS. The predicted octanol–water partition coefficient (Wildman–Crippen LogP) is 4.01. The fourth-order valence-electron chi connectivity index (χ4n) is 1.73. The van der Waals surface area contributed by atoms with Crippen LogP contribution in [0.5, 0.6) is 0 Å². The Morgan fingerprint density at radius 1 is 1.38 bits per heavy atom. The zero-order valence-electron chi connectivity index (χ0n) is 9.37. The first kappa shape index (κ1) is 11.9. The summed E-state index contributed by atoms with van der Waals surface area (Å²) in [6, 6.07) is 8.95. The second kappa shape index (κ2) is 5.67. The third-order valence-electron chi connectivity index (χ3n) is 2.82. The highest BCUT2D eigenvalue weighted by atomic mass is 35.5. The van der Waals surface area contributed by atoms with Crippen molar-refractivity contribution in [2.75, 3.05) is 5.88 Å². The van der Waals surface area contributed by atoms with E-state index in [0.717, 1.165) is 13.0 Å². The highest BCUT2D eigenvalue weighted by molar-refractivity contribution is 7.17. The molecule has 16 heavy (non-hydrogen) atoms. The van der Waals surface area contributed by atoms with Gasteiger partial charge in [-0.25, -0.2) is 0 Å². The van der Waals surface area contributed by atoms with Gasteiger partial charge >= 0.3 is 0 Å². The molecular weight excluding hydrogens is 238 g/mol. The topological polar surface area (TPSA) is 12.0 Å². The molecule has 2 rings (SSSR count). The lowest BCUT2D eigenvalue weighted by Gasteiger charge is -2.12. The summed E-state index contributed by atoms with van der Waals surface area (Å²) in [5.74, 6) is 0.679. The Balaban J connectivity index is 2.09. The van der Waals surface area contributed by atoms with E-state index in [4.69, 9.17) is 11.6 Å². The zero-order valence-corrected chi connectivity index (χ0v) is 10.9. The van der Waals surface area contributed by atoms with Crippen molar-refractivity contribution in [3.63, 3.8) is 0 Å². The van der Waals surface area contributed by atoms with Gasteiger partial charge in [0.05, 0.1) is 0 Å². The first-order chi connectivity index (χ1) is 7.85. The number of halogens is 1. The first-order valence-corrected chi connectivity index (χ1v) is 7.01. The molecule has 1 N–H and O–H groups in total. The summed E-state index contributed by atoms with van der Waals surface area (Å²) >= 11 is 7.67. The van der Waals surface area contributed by atoms with Crippen LogP contribution in [0.15, 0.2) is 29.6 Å². The molecule has 0 fully saturated rings. The fourth-order valence-corrected chi connectivity index (χ4v) is 3.02. The Morgan fingerprint density at radius 3 is 2.94 bits per heavy atom. The number of rotatable bonds is 5. The van der Waals surface area contributed by atoms with Gasteiger partial charge in [-0.3, -0.25) is 0 Å². The molecule has 0 saturated heterocycles. The van der Waals surface area contributed by atoms with Crippen LogP contribution in [0.25, 0.3) is 10.1 Å². The van der Waals surface area contributed by atoms with Crippen molar-refractivity contribution in [1.82, 2.24) is 5.32 Å². The Labute approximate surface area is 105 Å². The van der Waals surface area contributed by atoms with Crippen molar-refractivity contribution in [3.8, 4) is 0 Å². The molecule has 1 aromatic heterocycles. The number of thiophene rings is 1. The minimum atomic E-state index is 0.417. The van der Waals surface area contributed by atoms with Crippen LogP contribution in [0.3, 0.4) is 0 Å². The van der Waals surface area contributed by atoms with Gasteiger partial charge in [0.25, 0.3) is 0 Å². The second-order valence-electron chi connectivity index (χ2n) is 3.90. The van der Waals surface area contributed by atoms with Crippen molar-refractivity contribution < 1.29 is 0 Å². The summed E-state index contributed by atoms with van der Waals surface area (Å²) in [6.07, 6.45) is 1.07. The molecule has 0 amide bonds. The van der Waals surface area contributed by atoms with Crippen LogP contribution in [0.4, 0.5) is 0 Å². The maximum absolute atomic E-state index is 5.87. The summed E-state index contributed by atoms with van der Waals surface area (Å²) < 4.78 is 1.36. The average Bonchev–Trinajstić information content (AvgIpc) is 2.74. The van der Waals surface area contributed by atoms with Gasteiger partial charge in [-0.05, 0) is 28.8 Å². The van der Waals surface area contributed by atoms with E-state index in [9.17, 15) is 0 Å². The normalized spacial score (nSPS) is 13.1. The number of nitrogens with one attached hydrogen (secondary N) is 1. The number of fused-ring (bicyclic) bond motifs is 1. The molecule has 0 bridgehead atoms. The smallest absolute Gasteiger partial charge is 0.0377 e. The quantitative estimate of drug-likeness (QED) is 0.794. The minimum Gasteiger partial charge on any atom is -0.309 e. The van der Waals surface area contributed by atoms with Crippen molar-refractivity contribution in [2.24, 2.45) is 0 Å². The van der Waals surface area contributed by atoms with Crippen LogP contribution < -0.4 is 5.32 Å². The highest BCUT2D eigenvalue weighted by Gasteiger charge is 2.06. The summed E-state index contributed by atoms with van der Waals surface area (Å²) in [5.41, 5.74) is 1.38. The molecule has 0 aliphatic rings. The highest BCUT2D eigenvalue weighted by Crippen LogP contribution is 2.25. The molecule has 0 aliphatic carbocycles. The lowest BCUT2D eigenvalue weighted by molar-refractivity contribution is 0.540. The second-order valence-corrected chi connectivity index (χ2v) is 5.12. The molecule has 1 unspecified atom stereocenters. The van der Waals surface area contributed by atoms with E-state index in [1.165, 1.54) is 15.6 Å². The van der Waals surface area contributed by atoms with E-state index in [1.54, 1.807) is 0 Å². The molecule has 1 aromatic carbocycles. The van der Waals surface area contributed by atoms with Gasteiger partial charge in [-0.2, -0.15) is 0 Å². The summed E-state index contributed by atoms with van der Waals surface area (Å²) in [7, 11) is 0. The maximum atomic E-state index is 5.87. The number of alkyl halides is 1.